The molecule has 2 N–H and O–H groups in total. The monoisotopic (exact) mass is 202 g/mol. The van der Waals surface area contributed by atoms with Gasteiger partial charge in [-0.15, -0.1) is 0 Å². The molecule has 0 atom stereocenters. The number of rotatable bonds is 3. The first kappa shape index (κ1) is 10.4. The number of nitrogen functional groups attached to an aromatic ring is 1. The Kier molecular flexibility index (Phi) is 2.95. The molecule has 1 rings (SSSR count). The first-order valence-corrected chi connectivity index (χ1v) is 3.67. The van der Waals surface area contributed by atoms with Gasteiger partial charge in [0.1, 0.15) is 5.69 Å². The molecular weight excluding hydrogens is 194 g/mol. The Labute approximate surface area is 78.7 Å². The summed E-state index contributed by atoms with van der Waals surface area (Å²) in [6, 6.07) is 0. The van der Waals surface area contributed by atoms with E-state index in [0.717, 1.165) is 6.20 Å². The van der Waals surface area contributed by atoms with E-state index in [1.807, 2.05) is 0 Å². The largest absolute Gasteiger partial charge is 0.492 e. The van der Waals surface area contributed by atoms with E-state index in [2.05, 4.69) is 4.98 Å². The topological polar surface area (TPSA) is 65.2 Å². The van der Waals surface area contributed by atoms with Gasteiger partial charge in [-0.3, -0.25) is 4.79 Å². The standard InChI is InChI=1S/C8H8F2N2O2/c1-14-7-5(3-13)12-2-4(6(7)11)8(9)10/h2-3,8H,1H3,(H2,11,12). The highest BCUT2D eigenvalue weighted by atomic mass is 19.3. The fraction of sp³-hybridized carbons (Fsp3) is 0.250. The number of carbonyl (C=O) groups is 1. The molecule has 0 saturated carbocycles. The lowest BCUT2D eigenvalue weighted by Crippen LogP contribution is -2.04. The first-order valence-electron chi connectivity index (χ1n) is 3.67. The van der Waals surface area contributed by atoms with Crippen molar-refractivity contribution in [3.63, 3.8) is 0 Å². The molecule has 0 aliphatic heterocycles. The lowest BCUT2D eigenvalue weighted by molar-refractivity contribution is 0.111. The molecule has 1 aromatic rings. The number of ether oxygens (including phenoxy) is 1. The third-order valence-corrected chi connectivity index (χ3v) is 1.68. The lowest BCUT2D eigenvalue weighted by Gasteiger charge is -2.10. The molecule has 0 aliphatic carbocycles. The highest BCUT2D eigenvalue weighted by Gasteiger charge is 2.18. The van der Waals surface area contributed by atoms with Crippen molar-refractivity contribution in [3.05, 3.63) is 17.5 Å². The second-order valence-electron chi connectivity index (χ2n) is 2.46. The summed E-state index contributed by atoms with van der Waals surface area (Å²) < 4.78 is 29.3. The average molecular weight is 202 g/mol. The van der Waals surface area contributed by atoms with Crippen molar-refractivity contribution >= 4 is 12.0 Å². The Balaban J connectivity index is 3.34. The summed E-state index contributed by atoms with van der Waals surface area (Å²) in [5.74, 6) is -0.113. The molecule has 1 aromatic heterocycles. The zero-order chi connectivity index (χ0) is 10.7. The van der Waals surface area contributed by atoms with E-state index in [4.69, 9.17) is 10.5 Å². The van der Waals surface area contributed by atoms with Crippen LogP contribution in [0, 0.1) is 0 Å². The molecule has 6 heteroatoms. The molecular formula is C8H8F2N2O2. The zero-order valence-electron chi connectivity index (χ0n) is 7.33. The third kappa shape index (κ3) is 1.63. The van der Waals surface area contributed by atoms with Gasteiger partial charge in [-0.2, -0.15) is 0 Å². The van der Waals surface area contributed by atoms with E-state index >= 15 is 0 Å². The number of aldehydes is 1. The van der Waals surface area contributed by atoms with Gasteiger partial charge in [0, 0.05) is 6.20 Å². The van der Waals surface area contributed by atoms with Crippen molar-refractivity contribution in [2.45, 2.75) is 6.43 Å². The Morgan fingerprint density at radius 1 is 1.64 bits per heavy atom. The van der Waals surface area contributed by atoms with Gasteiger partial charge < -0.3 is 10.5 Å². The number of hydrogen-bond acceptors (Lipinski definition) is 4. The van der Waals surface area contributed by atoms with Gasteiger partial charge in [0.2, 0.25) is 0 Å². The summed E-state index contributed by atoms with van der Waals surface area (Å²) in [5.41, 5.74) is 4.59. The van der Waals surface area contributed by atoms with Crippen LogP contribution < -0.4 is 10.5 Å². The van der Waals surface area contributed by atoms with Crippen LogP contribution in [-0.2, 0) is 0 Å². The smallest absolute Gasteiger partial charge is 0.267 e. The number of carbonyl (C=O) groups excluding carboxylic acids is 1. The first-order chi connectivity index (χ1) is 6.61. The van der Waals surface area contributed by atoms with Gasteiger partial charge in [0.15, 0.2) is 12.0 Å². The molecule has 1 heterocycles. The van der Waals surface area contributed by atoms with E-state index in [1.165, 1.54) is 7.11 Å². The molecule has 14 heavy (non-hydrogen) atoms. The molecule has 0 unspecified atom stereocenters. The van der Waals surface area contributed by atoms with Gasteiger partial charge in [-0.1, -0.05) is 0 Å². The number of aromatic nitrogens is 1. The predicted molar refractivity (Wildman–Crippen MR) is 45.5 cm³/mol. The van der Waals surface area contributed by atoms with E-state index in [-0.39, 0.29) is 17.1 Å². The quantitative estimate of drug-likeness (QED) is 0.753. The van der Waals surface area contributed by atoms with Crippen LogP contribution in [0.4, 0.5) is 14.5 Å². The minimum atomic E-state index is -2.74. The van der Waals surface area contributed by atoms with E-state index in [1.54, 1.807) is 0 Å². The molecule has 0 spiro atoms. The highest BCUT2D eigenvalue weighted by Crippen LogP contribution is 2.32. The number of methoxy groups -OCH3 is 1. The fourth-order valence-corrected chi connectivity index (χ4v) is 1.01. The molecule has 0 amide bonds. The summed E-state index contributed by atoms with van der Waals surface area (Å²) in [6.45, 7) is 0. The predicted octanol–water partition coefficient (Wildman–Crippen LogP) is 1.42. The molecule has 0 radical (unpaired) electrons. The zero-order valence-corrected chi connectivity index (χ0v) is 7.33. The molecule has 0 fully saturated rings. The maximum atomic E-state index is 12.3. The second-order valence-corrected chi connectivity index (χ2v) is 2.46. The SMILES string of the molecule is COc1c(C=O)ncc(C(F)F)c1N. The van der Waals surface area contributed by atoms with Gasteiger partial charge in [-0.25, -0.2) is 13.8 Å². The van der Waals surface area contributed by atoms with E-state index in [0.29, 0.717) is 6.29 Å². The van der Waals surface area contributed by atoms with Crippen molar-refractivity contribution < 1.29 is 18.3 Å². The Morgan fingerprint density at radius 2 is 2.29 bits per heavy atom. The van der Waals surface area contributed by atoms with Crippen molar-refractivity contribution in [1.29, 1.82) is 0 Å². The minimum Gasteiger partial charge on any atom is -0.492 e. The van der Waals surface area contributed by atoms with Crippen molar-refractivity contribution in [2.24, 2.45) is 0 Å². The van der Waals surface area contributed by atoms with Crippen LogP contribution in [0.2, 0.25) is 0 Å². The Bertz CT molecular complexity index is 355. The number of nitrogens with two attached hydrogens (primary N) is 1. The van der Waals surface area contributed by atoms with Crippen LogP contribution in [0.5, 0.6) is 5.75 Å². The van der Waals surface area contributed by atoms with Gasteiger partial charge >= 0.3 is 0 Å². The summed E-state index contributed by atoms with van der Waals surface area (Å²) in [7, 11) is 1.23. The molecule has 0 aromatic carbocycles. The maximum absolute atomic E-state index is 12.3. The molecule has 4 nitrogen and oxygen atoms in total. The summed E-state index contributed by atoms with van der Waals surface area (Å²) >= 11 is 0. The summed E-state index contributed by atoms with van der Waals surface area (Å²) in [4.78, 5) is 13.9. The van der Waals surface area contributed by atoms with E-state index < -0.39 is 12.0 Å². The lowest BCUT2D eigenvalue weighted by atomic mass is 10.2. The Morgan fingerprint density at radius 3 is 2.71 bits per heavy atom. The normalized spacial score (nSPS) is 10.3. The van der Waals surface area contributed by atoms with E-state index in [9.17, 15) is 13.6 Å². The summed E-state index contributed by atoms with van der Waals surface area (Å²) in [5, 5.41) is 0. The van der Waals surface area contributed by atoms with Gasteiger partial charge in [0.25, 0.3) is 6.43 Å². The number of pyridine rings is 1. The maximum Gasteiger partial charge on any atom is 0.267 e. The molecule has 76 valence electrons. The highest BCUT2D eigenvalue weighted by molar-refractivity contribution is 5.81. The average Bonchev–Trinajstić information content (AvgIpc) is 2.16. The van der Waals surface area contributed by atoms with Crippen LogP contribution >= 0.6 is 0 Å². The van der Waals surface area contributed by atoms with Gasteiger partial charge in [-0.05, 0) is 0 Å². The van der Waals surface area contributed by atoms with Crippen LogP contribution in [0.3, 0.4) is 0 Å². The third-order valence-electron chi connectivity index (χ3n) is 1.68. The van der Waals surface area contributed by atoms with Crippen LogP contribution in [-0.4, -0.2) is 18.4 Å². The van der Waals surface area contributed by atoms with Crippen LogP contribution in [0.25, 0.3) is 0 Å². The Hall–Kier alpha value is -1.72. The number of halogens is 2. The minimum absolute atomic E-state index is 0.0885. The number of alkyl halides is 2. The van der Waals surface area contributed by atoms with Crippen LogP contribution in [0.15, 0.2) is 6.20 Å². The second kappa shape index (κ2) is 3.99. The molecule has 0 aliphatic rings. The van der Waals surface area contributed by atoms with Crippen LogP contribution in [0.1, 0.15) is 22.5 Å². The number of anilines is 1. The number of hydrogen-bond donors (Lipinski definition) is 1. The fourth-order valence-electron chi connectivity index (χ4n) is 1.01. The summed E-state index contributed by atoms with van der Waals surface area (Å²) in [6.07, 6.45) is -1.48. The molecule has 0 saturated heterocycles. The van der Waals surface area contributed by atoms with Crippen molar-refractivity contribution in [3.8, 4) is 5.75 Å². The van der Waals surface area contributed by atoms with Crippen molar-refractivity contribution in [2.75, 3.05) is 12.8 Å². The van der Waals surface area contributed by atoms with Gasteiger partial charge in [0.05, 0.1) is 18.4 Å². The number of nitrogens with zero attached hydrogens (tertiary/aromatic N) is 1. The molecule has 0 bridgehead atoms. The van der Waals surface area contributed by atoms with Crippen molar-refractivity contribution in [1.82, 2.24) is 4.98 Å².